The first-order valence-electron chi connectivity index (χ1n) is 4.38. The van der Waals surface area contributed by atoms with Gasteiger partial charge in [-0.3, -0.25) is 0 Å². The summed E-state index contributed by atoms with van der Waals surface area (Å²) in [5, 5.41) is 0.158. The summed E-state index contributed by atoms with van der Waals surface area (Å²) in [4.78, 5) is 0. The van der Waals surface area contributed by atoms with E-state index in [1.807, 2.05) is 24.3 Å². The van der Waals surface area contributed by atoms with E-state index < -0.39 is 0 Å². The number of hydrogen-bond acceptors (Lipinski definition) is 0. The maximum absolute atomic E-state index is 12.9. The van der Waals surface area contributed by atoms with Gasteiger partial charge in [-0.25, -0.2) is 4.39 Å². The quantitative estimate of drug-likeness (QED) is 0.661. The van der Waals surface area contributed by atoms with Crippen molar-refractivity contribution in [2.75, 3.05) is 0 Å². The molecule has 0 radical (unpaired) electrons. The first-order chi connectivity index (χ1) is 7.16. The Morgan fingerprint density at radius 1 is 0.933 bits per heavy atom. The highest BCUT2D eigenvalue weighted by atomic mass is 127. The van der Waals surface area contributed by atoms with Gasteiger partial charge in [0, 0.05) is 3.57 Å². The molecule has 0 N–H and O–H groups in total. The molecule has 0 aliphatic carbocycles. The molecule has 0 saturated heterocycles. The van der Waals surface area contributed by atoms with Crippen LogP contribution in [0.5, 0.6) is 0 Å². The molecule has 0 unspecified atom stereocenters. The monoisotopic (exact) mass is 332 g/mol. The van der Waals surface area contributed by atoms with Gasteiger partial charge in [-0.05, 0) is 58.0 Å². The summed E-state index contributed by atoms with van der Waals surface area (Å²) in [5.41, 5.74) is 1.97. The van der Waals surface area contributed by atoms with E-state index in [0.717, 1.165) is 11.1 Å². The zero-order valence-electron chi connectivity index (χ0n) is 7.68. The molecule has 0 fully saturated rings. The largest absolute Gasteiger partial charge is 0.205 e. The van der Waals surface area contributed by atoms with Crippen molar-refractivity contribution in [2.45, 2.75) is 0 Å². The van der Waals surface area contributed by atoms with E-state index in [0.29, 0.717) is 0 Å². The standard InChI is InChI=1S/C12H7ClFI/c13-11-7-9(3-6-12(11)14)8-1-4-10(15)5-2-8/h1-7H. The first kappa shape index (κ1) is 10.9. The van der Waals surface area contributed by atoms with Gasteiger partial charge in [-0.15, -0.1) is 0 Å². The fraction of sp³-hybridized carbons (Fsp3) is 0. The van der Waals surface area contributed by atoms with Gasteiger partial charge in [0.2, 0.25) is 0 Å². The van der Waals surface area contributed by atoms with Crippen molar-refractivity contribution in [1.29, 1.82) is 0 Å². The van der Waals surface area contributed by atoms with E-state index in [1.165, 1.54) is 9.64 Å². The maximum atomic E-state index is 12.9. The van der Waals surface area contributed by atoms with Crippen molar-refractivity contribution >= 4 is 34.2 Å². The molecule has 76 valence electrons. The lowest BCUT2D eigenvalue weighted by molar-refractivity contribution is 0.628. The summed E-state index contributed by atoms with van der Waals surface area (Å²) in [7, 11) is 0. The second-order valence-corrected chi connectivity index (χ2v) is 4.79. The Kier molecular flexibility index (Phi) is 3.26. The Balaban J connectivity index is 2.45. The minimum atomic E-state index is -0.383. The maximum Gasteiger partial charge on any atom is 0.141 e. The van der Waals surface area contributed by atoms with Crippen LogP contribution in [0.4, 0.5) is 4.39 Å². The number of benzene rings is 2. The van der Waals surface area contributed by atoms with Crippen LogP contribution in [0.3, 0.4) is 0 Å². The fourth-order valence-corrected chi connectivity index (χ4v) is 1.86. The number of rotatable bonds is 1. The molecule has 0 spiro atoms. The van der Waals surface area contributed by atoms with Crippen LogP contribution in [0.1, 0.15) is 0 Å². The molecule has 15 heavy (non-hydrogen) atoms. The van der Waals surface area contributed by atoms with Gasteiger partial charge in [-0.2, -0.15) is 0 Å². The van der Waals surface area contributed by atoms with Crippen LogP contribution in [0.25, 0.3) is 11.1 Å². The van der Waals surface area contributed by atoms with Crippen molar-refractivity contribution < 1.29 is 4.39 Å². The van der Waals surface area contributed by atoms with Gasteiger partial charge in [0.05, 0.1) is 5.02 Å². The Hall–Kier alpha value is -0.610. The summed E-state index contributed by atoms with van der Waals surface area (Å²) in [5.74, 6) is -0.383. The van der Waals surface area contributed by atoms with E-state index in [9.17, 15) is 4.39 Å². The second-order valence-electron chi connectivity index (χ2n) is 3.14. The van der Waals surface area contributed by atoms with Crippen molar-refractivity contribution in [1.82, 2.24) is 0 Å². The van der Waals surface area contributed by atoms with Crippen LogP contribution in [0.15, 0.2) is 42.5 Å². The third-order valence-corrected chi connectivity index (χ3v) is 3.11. The highest BCUT2D eigenvalue weighted by molar-refractivity contribution is 14.1. The van der Waals surface area contributed by atoms with Crippen molar-refractivity contribution in [3.63, 3.8) is 0 Å². The fourth-order valence-electron chi connectivity index (χ4n) is 1.32. The van der Waals surface area contributed by atoms with E-state index in [-0.39, 0.29) is 10.8 Å². The summed E-state index contributed by atoms with van der Waals surface area (Å²) in [6.07, 6.45) is 0. The highest BCUT2D eigenvalue weighted by Crippen LogP contribution is 2.25. The van der Waals surface area contributed by atoms with Crippen LogP contribution in [-0.2, 0) is 0 Å². The van der Waals surface area contributed by atoms with Crippen molar-refractivity contribution in [2.24, 2.45) is 0 Å². The molecule has 0 nitrogen and oxygen atoms in total. The molecule has 3 heteroatoms. The van der Waals surface area contributed by atoms with Crippen LogP contribution in [0, 0.1) is 9.39 Å². The Morgan fingerprint density at radius 3 is 2.13 bits per heavy atom. The molecule has 0 saturated carbocycles. The lowest BCUT2D eigenvalue weighted by atomic mass is 10.1. The van der Waals surface area contributed by atoms with E-state index in [1.54, 1.807) is 12.1 Å². The minimum absolute atomic E-state index is 0.158. The lowest BCUT2D eigenvalue weighted by Gasteiger charge is -2.02. The van der Waals surface area contributed by atoms with Crippen LogP contribution < -0.4 is 0 Å². The van der Waals surface area contributed by atoms with Crippen molar-refractivity contribution in [3.8, 4) is 11.1 Å². The lowest BCUT2D eigenvalue weighted by Crippen LogP contribution is -1.81. The summed E-state index contributed by atoms with van der Waals surface area (Å²) < 4.78 is 14.1. The van der Waals surface area contributed by atoms with Gasteiger partial charge in [-0.1, -0.05) is 29.8 Å². The first-order valence-corrected chi connectivity index (χ1v) is 5.83. The molecule has 0 heterocycles. The van der Waals surface area contributed by atoms with Gasteiger partial charge < -0.3 is 0 Å². The smallest absolute Gasteiger partial charge is 0.141 e. The van der Waals surface area contributed by atoms with Gasteiger partial charge >= 0.3 is 0 Å². The summed E-state index contributed by atoms with van der Waals surface area (Å²) >= 11 is 7.96. The van der Waals surface area contributed by atoms with E-state index in [2.05, 4.69) is 22.6 Å². The average Bonchev–Trinajstić information content (AvgIpc) is 2.23. The molecule has 0 aliphatic heterocycles. The Labute approximate surface area is 106 Å². The zero-order chi connectivity index (χ0) is 10.8. The highest BCUT2D eigenvalue weighted by Gasteiger charge is 2.02. The van der Waals surface area contributed by atoms with Crippen LogP contribution in [0.2, 0.25) is 5.02 Å². The Bertz CT molecular complexity index is 479. The predicted molar refractivity (Wildman–Crippen MR) is 69.6 cm³/mol. The molecule has 0 bridgehead atoms. The van der Waals surface area contributed by atoms with Crippen LogP contribution >= 0.6 is 34.2 Å². The van der Waals surface area contributed by atoms with Gasteiger partial charge in [0.15, 0.2) is 0 Å². The average molecular weight is 333 g/mol. The molecule has 0 aromatic heterocycles. The molecule has 2 rings (SSSR count). The van der Waals surface area contributed by atoms with Crippen LogP contribution in [-0.4, -0.2) is 0 Å². The third-order valence-electron chi connectivity index (χ3n) is 2.10. The van der Waals surface area contributed by atoms with E-state index >= 15 is 0 Å². The third kappa shape index (κ3) is 2.49. The Morgan fingerprint density at radius 2 is 1.53 bits per heavy atom. The molecule has 2 aromatic carbocycles. The molecule has 0 atom stereocenters. The molecule has 0 aliphatic rings. The van der Waals surface area contributed by atoms with E-state index in [4.69, 9.17) is 11.6 Å². The zero-order valence-corrected chi connectivity index (χ0v) is 10.6. The molecular formula is C12H7ClFI. The normalized spacial score (nSPS) is 10.3. The van der Waals surface area contributed by atoms with Gasteiger partial charge in [0.1, 0.15) is 5.82 Å². The minimum Gasteiger partial charge on any atom is -0.205 e. The number of halogens is 3. The second kappa shape index (κ2) is 4.49. The summed E-state index contributed by atoms with van der Waals surface area (Å²) in [6, 6.07) is 12.7. The predicted octanol–water partition coefficient (Wildman–Crippen LogP) is 4.75. The SMILES string of the molecule is Fc1ccc(-c2ccc(I)cc2)cc1Cl. The molecule has 2 aromatic rings. The summed E-state index contributed by atoms with van der Waals surface area (Å²) in [6.45, 7) is 0. The molecular weight excluding hydrogens is 325 g/mol. The molecule has 0 amide bonds. The van der Waals surface area contributed by atoms with Gasteiger partial charge in [0.25, 0.3) is 0 Å². The topological polar surface area (TPSA) is 0 Å². The number of hydrogen-bond donors (Lipinski definition) is 0. The van der Waals surface area contributed by atoms with Crippen molar-refractivity contribution in [3.05, 3.63) is 56.9 Å².